The molecule has 0 radical (unpaired) electrons. The summed E-state index contributed by atoms with van der Waals surface area (Å²) in [5.74, 6) is 2.18. The lowest BCUT2D eigenvalue weighted by Crippen LogP contribution is -2.44. The Morgan fingerprint density at radius 2 is 2.09 bits per heavy atom. The molecular formula is C17H28N4O2. The molecule has 1 amide bonds. The summed E-state index contributed by atoms with van der Waals surface area (Å²) in [4.78, 5) is 21.0. The zero-order valence-electron chi connectivity index (χ0n) is 14.7. The normalized spacial score (nSPS) is 24.7. The lowest BCUT2D eigenvalue weighted by Gasteiger charge is -2.39. The van der Waals surface area contributed by atoms with Crippen molar-refractivity contribution in [3.05, 3.63) is 11.7 Å². The summed E-state index contributed by atoms with van der Waals surface area (Å²) in [7, 11) is 2.13. The van der Waals surface area contributed by atoms with E-state index in [1.165, 1.54) is 0 Å². The zero-order valence-corrected chi connectivity index (χ0v) is 14.7. The Labute approximate surface area is 138 Å². The molecule has 3 rings (SSSR count). The van der Waals surface area contributed by atoms with Gasteiger partial charge in [-0.25, -0.2) is 0 Å². The monoisotopic (exact) mass is 320 g/mol. The highest BCUT2D eigenvalue weighted by atomic mass is 16.5. The molecule has 0 bridgehead atoms. The first kappa shape index (κ1) is 16.4. The number of rotatable bonds is 3. The van der Waals surface area contributed by atoms with Crippen LogP contribution >= 0.6 is 0 Å². The van der Waals surface area contributed by atoms with Gasteiger partial charge in [-0.1, -0.05) is 19.0 Å². The molecule has 2 fully saturated rings. The number of likely N-dealkylation sites (tertiary alicyclic amines) is 2. The fraction of sp³-hybridized carbons (Fsp3) is 0.824. The number of aromatic nitrogens is 2. The summed E-state index contributed by atoms with van der Waals surface area (Å²) in [5, 5.41) is 3.93. The van der Waals surface area contributed by atoms with Crippen LogP contribution in [0.4, 0.5) is 0 Å². The van der Waals surface area contributed by atoms with Crippen molar-refractivity contribution in [2.45, 2.75) is 52.5 Å². The van der Waals surface area contributed by atoms with Crippen LogP contribution in [0.1, 0.15) is 57.3 Å². The van der Waals surface area contributed by atoms with E-state index in [1.807, 2.05) is 6.92 Å². The molecule has 128 valence electrons. The van der Waals surface area contributed by atoms with E-state index >= 15 is 0 Å². The quantitative estimate of drug-likeness (QED) is 0.856. The first-order chi connectivity index (χ1) is 10.9. The fourth-order valence-electron chi connectivity index (χ4n) is 4.07. The maximum atomic E-state index is 12.2. The zero-order chi connectivity index (χ0) is 16.6. The van der Waals surface area contributed by atoms with Gasteiger partial charge in [-0.3, -0.25) is 9.69 Å². The SMILES string of the molecule is Cc1noc(C2CC3(CCN(C(=O)CC(C)C)CC3)CN2C)n1. The van der Waals surface area contributed by atoms with Gasteiger partial charge in [-0.15, -0.1) is 0 Å². The van der Waals surface area contributed by atoms with E-state index in [1.54, 1.807) is 0 Å². The van der Waals surface area contributed by atoms with Crippen molar-refractivity contribution in [3.8, 4) is 0 Å². The minimum absolute atomic E-state index is 0.217. The van der Waals surface area contributed by atoms with Crippen LogP contribution in [-0.4, -0.2) is 52.5 Å². The van der Waals surface area contributed by atoms with Crippen LogP contribution < -0.4 is 0 Å². The van der Waals surface area contributed by atoms with Gasteiger partial charge in [0.25, 0.3) is 0 Å². The Morgan fingerprint density at radius 3 is 2.65 bits per heavy atom. The molecule has 6 heteroatoms. The van der Waals surface area contributed by atoms with Gasteiger partial charge in [0.2, 0.25) is 11.8 Å². The van der Waals surface area contributed by atoms with Crippen molar-refractivity contribution in [3.63, 3.8) is 0 Å². The highest BCUT2D eigenvalue weighted by Crippen LogP contribution is 2.47. The minimum Gasteiger partial charge on any atom is -0.343 e. The third kappa shape index (κ3) is 3.42. The van der Waals surface area contributed by atoms with Crippen LogP contribution in [-0.2, 0) is 4.79 Å². The van der Waals surface area contributed by atoms with Crippen LogP contribution in [0.25, 0.3) is 0 Å². The first-order valence-electron chi connectivity index (χ1n) is 8.67. The molecule has 23 heavy (non-hydrogen) atoms. The lowest BCUT2D eigenvalue weighted by molar-refractivity contribution is -0.134. The number of nitrogens with zero attached hydrogens (tertiary/aromatic N) is 4. The first-order valence-corrected chi connectivity index (χ1v) is 8.67. The third-order valence-corrected chi connectivity index (χ3v) is 5.33. The van der Waals surface area contributed by atoms with Gasteiger partial charge in [-0.05, 0) is 44.6 Å². The molecule has 1 aromatic rings. The minimum atomic E-state index is 0.217. The molecule has 0 aliphatic carbocycles. The average molecular weight is 320 g/mol. The van der Waals surface area contributed by atoms with Crippen LogP contribution in [0.2, 0.25) is 0 Å². The Kier molecular flexibility index (Phi) is 4.45. The van der Waals surface area contributed by atoms with Crippen LogP contribution in [0.15, 0.2) is 4.52 Å². The molecule has 2 aliphatic heterocycles. The molecule has 1 atom stereocenters. The maximum absolute atomic E-state index is 12.2. The largest absolute Gasteiger partial charge is 0.343 e. The van der Waals surface area contributed by atoms with Crippen molar-refractivity contribution < 1.29 is 9.32 Å². The molecule has 1 aromatic heterocycles. The second-order valence-electron chi connectivity index (χ2n) is 7.79. The summed E-state index contributed by atoms with van der Waals surface area (Å²) in [6.45, 7) is 8.88. The standard InChI is InChI=1S/C17H28N4O2/c1-12(2)9-15(22)21-7-5-17(6-8-21)10-14(20(4)11-17)16-18-13(3)19-23-16/h12,14H,5-11H2,1-4H3. The van der Waals surface area contributed by atoms with Gasteiger partial charge < -0.3 is 9.42 Å². The molecule has 0 aromatic carbocycles. The van der Waals surface area contributed by atoms with Crippen LogP contribution in [0, 0.1) is 18.3 Å². The van der Waals surface area contributed by atoms with E-state index in [0.717, 1.165) is 44.8 Å². The predicted molar refractivity (Wildman–Crippen MR) is 86.7 cm³/mol. The van der Waals surface area contributed by atoms with Gasteiger partial charge in [0.05, 0.1) is 6.04 Å². The molecule has 6 nitrogen and oxygen atoms in total. The Bertz CT molecular complexity index is 561. The number of piperidine rings is 1. The maximum Gasteiger partial charge on any atom is 0.243 e. The Balaban J connectivity index is 1.61. The van der Waals surface area contributed by atoms with E-state index in [9.17, 15) is 4.79 Å². The second kappa shape index (κ2) is 6.23. The third-order valence-electron chi connectivity index (χ3n) is 5.33. The second-order valence-corrected chi connectivity index (χ2v) is 7.79. The van der Waals surface area contributed by atoms with E-state index in [-0.39, 0.29) is 11.5 Å². The molecule has 1 unspecified atom stereocenters. The van der Waals surface area contributed by atoms with Gasteiger partial charge >= 0.3 is 0 Å². The van der Waals surface area contributed by atoms with Crippen molar-refractivity contribution in [2.75, 3.05) is 26.7 Å². The molecule has 2 saturated heterocycles. The van der Waals surface area contributed by atoms with Crippen molar-refractivity contribution in [2.24, 2.45) is 11.3 Å². The van der Waals surface area contributed by atoms with Gasteiger partial charge in [-0.2, -0.15) is 4.98 Å². The van der Waals surface area contributed by atoms with E-state index in [2.05, 4.69) is 40.8 Å². The van der Waals surface area contributed by atoms with Gasteiger partial charge in [0.1, 0.15) is 0 Å². The van der Waals surface area contributed by atoms with Gasteiger partial charge in [0, 0.05) is 26.1 Å². The van der Waals surface area contributed by atoms with Crippen molar-refractivity contribution >= 4 is 5.91 Å². The number of aryl methyl sites for hydroxylation is 1. The molecular weight excluding hydrogens is 292 g/mol. The lowest BCUT2D eigenvalue weighted by atomic mass is 9.76. The molecule has 1 spiro atoms. The smallest absolute Gasteiger partial charge is 0.243 e. The summed E-state index contributed by atoms with van der Waals surface area (Å²) in [6.07, 6.45) is 3.86. The Hall–Kier alpha value is -1.43. The summed E-state index contributed by atoms with van der Waals surface area (Å²) in [5.41, 5.74) is 0.288. The van der Waals surface area contributed by atoms with Crippen LogP contribution in [0.5, 0.6) is 0 Å². The fourth-order valence-corrected chi connectivity index (χ4v) is 4.07. The number of amides is 1. The highest BCUT2D eigenvalue weighted by molar-refractivity contribution is 5.76. The topological polar surface area (TPSA) is 62.5 Å². The van der Waals surface area contributed by atoms with Crippen molar-refractivity contribution in [1.29, 1.82) is 0 Å². The predicted octanol–water partition coefficient (Wildman–Crippen LogP) is 2.41. The number of carbonyl (C=O) groups excluding carboxylic acids is 1. The highest BCUT2D eigenvalue weighted by Gasteiger charge is 2.46. The molecule has 0 saturated carbocycles. The van der Waals surface area contributed by atoms with E-state index in [4.69, 9.17) is 4.52 Å². The number of hydrogen-bond donors (Lipinski definition) is 0. The molecule has 2 aliphatic rings. The summed E-state index contributed by atoms with van der Waals surface area (Å²) < 4.78 is 5.39. The van der Waals surface area contributed by atoms with Crippen LogP contribution in [0.3, 0.4) is 0 Å². The number of hydrogen-bond acceptors (Lipinski definition) is 5. The van der Waals surface area contributed by atoms with Crippen molar-refractivity contribution in [1.82, 2.24) is 19.9 Å². The molecule has 3 heterocycles. The number of carbonyl (C=O) groups is 1. The summed E-state index contributed by atoms with van der Waals surface area (Å²) in [6, 6.07) is 0.217. The van der Waals surface area contributed by atoms with Gasteiger partial charge in [0.15, 0.2) is 5.82 Å². The van der Waals surface area contributed by atoms with E-state index < -0.39 is 0 Å². The molecule has 0 N–H and O–H groups in total. The average Bonchev–Trinajstić information content (AvgIpc) is 3.03. The van der Waals surface area contributed by atoms with E-state index in [0.29, 0.717) is 24.1 Å². The Morgan fingerprint density at radius 1 is 1.39 bits per heavy atom. The summed E-state index contributed by atoms with van der Waals surface area (Å²) >= 11 is 0.